The minimum Gasteiger partial charge on any atom is -0.481 e. The van der Waals surface area contributed by atoms with E-state index >= 15 is 0 Å². The number of hydrogen-bond donors (Lipinski definition) is 1. The van der Waals surface area contributed by atoms with Crippen LogP contribution in [-0.4, -0.2) is 28.4 Å². The molecular formula is C12H12ClNO3. The summed E-state index contributed by atoms with van der Waals surface area (Å²) >= 11 is 6.00. The summed E-state index contributed by atoms with van der Waals surface area (Å²) in [6, 6.07) is 7.25. The van der Waals surface area contributed by atoms with E-state index in [4.69, 9.17) is 16.7 Å². The molecule has 2 rings (SSSR count). The Morgan fingerprint density at radius 3 is 2.76 bits per heavy atom. The van der Waals surface area contributed by atoms with Gasteiger partial charge in [-0.3, -0.25) is 9.59 Å². The van der Waals surface area contributed by atoms with Crippen LogP contribution in [-0.2, 0) is 16.1 Å². The van der Waals surface area contributed by atoms with Crippen molar-refractivity contribution >= 4 is 23.5 Å². The van der Waals surface area contributed by atoms with Crippen LogP contribution >= 0.6 is 11.6 Å². The van der Waals surface area contributed by atoms with Crippen LogP contribution in [0, 0.1) is 5.92 Å². The Hall–Kier alpha value is -1.55. The Bertz CT molecular complexity index is 461. The first-order chi connectivity index (χ1) is 8.09. The van der Waals surface area contributed by atoms with Crippen LogP contribution < -0.4 is 0 Å². The van der Waals surface area contributed by atoms with Crippen LogP contribution in [0.15, 0.2) is 24.3 Å². The standard InChI is InChI=1S/C12H12ClNO3/c13-10-4-2-1-3-8(10)7-14-6-5-9(11(14)15)12(16)17/h1-4,9H,5-7H2,(H,16,17). The first-order valence-corrected chi connectivity index (χ1v) is 5.72. The van der Waals surface area contributed by atoms with Gasteiger partial charge in [-0.1, -0.05) is 29.8 Å². The van der Waals surface area contributed by atoms with Gasteiger partial charge in [0, 0.05) is 18.1 Å². The second-order valence-corrected chi connectivity index (χ2v) is 4.44. The Morgan fingerprint density at radius 1 is 1.47 bits per heavy atom. The molecular weight excluding hydrogens is 242 g/mol. The molecule has 4 nitrogen and oxygen atoms in total. The van der Waals surface area contributed by atoms with Crippen LogP contribution in [0.5, 0.6) is 0 Å². The SMILES string of the molecule is O=C(O)C1CCN(Cc2ccccc2Cl)C1=O. The minimum absolute atomic E-state index is 0.322. The first-order valence-electron chi connectivity index (χ1n) is 5.34. The maximum atomic E-state index is 11.8. The molecule has 0 aliphatic carbocycles. The third-order valence-electron chi connectivity index (χ3n) is 2.91. The molecule has 1 amide bonds. The number of carbonyl (C=O) groups is 2. The molecule has 1 heterocycles. The minimum atomic E-state index is -1.04. The zero-order valence-corrected chi connectivity index (χ0v) is 9.85. The molecule has 1 fully saturated rings. The van der Waals surface area contributed by atoms with Gasteiger partial charge < -0.3 is 10.0 Å². The molecule has 1 N–H and O–H groups in total. The number of carbonyl (C=O) groups excluding carboxylic acids is 1. The molecule has 5 heteroatoms. The number of amides is 1. The van der Waals surface area contributed by atoms with Crippen molar-refractivity contribution in [1.82, 2.24) is 4.90 Å². The Labute approximate surface area is 104 Å². The summed E-state index contributed by atoms with van der Waals surface area (Å²) in [6.45, 7) is 0.851. The number of nitrogens with zero attached hydrogens (tertiary/aromatic N) is 1. The van der Waals surface area contributed by atoms with Crippen LogP contribution in [0.3, 0.4) is 0 Å². The summed E-state index contributed by atoms with van der Waals surface area (Å²) in [5.41, 5.74) is 0.841. The molecule has 1 aliphatic rings. The quantitative estimate of drug-likeness (QED) is 0.836. The number of hydrogen-bond acceptors (Lipinski definition) is 2. The van der Waals surface area contributed by atoms with Gasteiger partial charge in [-0.05, 0) is 18.1 Å². The van der Waals surface area contributed by atoms with Crippen molar-refractivity contribution in [2.75, 3.05) is 6.54 Å². The molecule has 90 valence electrons. The lowest BCUT2D eigenvalue weighted by Crippen LogP contribution is -2.29. The van der Waals surface area contributed by atoms with Crippen LogP contribution in [0.25, 0.3) is 0 Å². The van der Waals surface area contributed by atoms with Crippen molar-refractivity contribution in [2.24, 2.45) is 5.92 Å². The zero-order valence-electron chi connectivity index (χ0n) is 9.10. The number of likely N-dealkylation sites (tertiary alicyclic amines) is 1. The summed E-state index contributed by atoms with van der Waals surface area (Å²) in [5.74, 6) is -2.26. The predicted molar refractivity (Wildman–Crippen MR) is 62.6 cm³/mol. The molecule has 0 aromatic heterocycles. The van der Waals surface area contributed by atoms with Crippen molar-refractivity contribution in [3.05, 3.63) is 34.9 Å². The van der Waals surface area contributed by atoms with E-state index in [0.29, 0.717) is 24.5 Å². The van der Waals surface area contributed by atoms with E-state index in [-0.39, 0.29) is 5.91 Å². The second kappa shape index (κ2) is 4.75. The fourth-order valence-corrected chi connectivity index (χ4v) is 2.15. The van der Waals surface area contributed by atoms with E-state index in [1.807, 2.05) is 18.2 Å². The Kier molecular flexibility index (Phi) is 3.33. The highest BCUT2D eigenvalue weighted by molar-refractivity contribution is 6.31. The molecule has 0 saturated carbocycles. The molecule has 1 atom stereocenters. The van der Waals surface area contributed by atoms with E-state index in [0.717, 1.165) is 5.56 Å². The third-order valence-corrected chi connectivity index (χ3v) is 3.28. The maximum absolute atomic E-state index is 11.8. The second-order valence-electron chi connectivity index (χ2n) is 4.03. The van der Waals surface area contributed by atoms with Gasteiger partial charge in [0.15, 0.2) is 0 Å². The first kappa shape index (κ1) is 11.9. The summed E-state index contributed by atoms with van der Waals surface area (Å²) in [4.78, 5) is 24.1. The molecule has 1 unspecified atom stereocenters. The monoisotopic (exact) mass is 253 g/mol. The van der Waals surface area contributed by atoms with E-state index in [9.17, 15) is 9.59 Å². The van der Waals surface area contributed by atoms with Gasteiger partial charge in [0.05, 0.1) is 0 Å². The highest BCUT2D eigenvalue weighted by atomic mass is 35.5. The summed E-state index contributed by atoms with van der Waals surface area (Å²) in [7, 11) is 0. The largest absolute Gasteiger partial charge is 0.481 e. The van der Waals surface area contributed by atoms with E-state index < -0.39 is 11.9 Å². The average Bonchev–Trinajstić information content (AvgIpc) is 2.64. The highest BCUT2D eigenvalue weighted by Gasteiger charge is 2.36. The van der Waals surface area contributed by atoms with Crippen molar-refractivity contribution in [1.29, 1.82) is 0 Å². The lowest BCUT2D eigenvalue weighted by Gasteiger charge is -2.16. The number of carboxylic acid groups (broad SMARTS) is 1. The molecule has 17 heavy (non-hydrogen) atoms. The fraction of sp³-hybridized carbons (Fsp3) is 0.333. The average molecular weight is 254 g/mol. The van der Waals surface area contributed by atoms with Gasteiger partial charge >= 0.3 is 5.97 Å². The number of benzene rings is 1. The Morgan fingerprint density at radius 2 is 2.18 bits per heavy atom. The van der Waals surface area contributed by atoms with Gasteiger partial charge in [0.1, 0.15) is 5.92 Å². The van der Waals surface area contributed by atoms with Crippen molar-refractivity contribution in [3.8, 4) is 0 Å². The zero-order chi connectivity index (χ0) is 12.4. The predicted octanol–water partition coefficient (Wildman–Crippen LogP) is 1.77. The van der Waals surface area contributed by atoms with Crippen molar-refractivity contribution in [3.63, 3.8) is 0 Å². The molecule has 0 spiro atoms. The molecule has 1 saturated heterocycles. The van der Waals surface area contributed by atoms with Crippen LogP contribution in [0.2, 0.25) is 5.02 Å². The lowest BCUT2D eigenvalue weighted by molar-refractivity contribution is -0.147. The number of rotatable bonds is 3. The van der Waals surface area contributed by atoms with Crippen LogP contribution in [0.4, 0.5) is 0 Å². The fourth-order valence-electron chi connectivity index (χ4n) is 1.96. The van der Waals surface area contributed by atoms with Gasteiger partial charge in [0.25, 0.3) is 0 Å². The summed E-state index contributed by atoms with van der Waals surface area (Å²) in [5, 5.41) is 9.44. The molecule has 0 bridgehead atoms. The van der Waals surface area contributed by atoms with Gasteiger partial charge in [-0.2, -0.15) is 0 Å². The number of halogens is 1. The van der Waals surface area contributed by atoms with Crippen molar-refractivity contribution < 1.29 is 14.7 Å². The molecule has 1 aromatic carbocycles. The summed E-state index contributed by atoms with van der Waals surface area (Å²) < 4.78 is 0. The summed E-state index contributed by atoms with van der Waals surface area (Å²) in [6.07, 6.45) is 0.374. The molecule has 0 radical (unpaired) electrons. The normalized spacial score (nSPS) is 19.7. The third kappa shape index (κ3) is 2.42. The van der Waals surface area contributed by atoms with E-state index in [2.05, 4.69) is 0 Å². The highest BCUT2D eigenvalue weighted by Crippen LogP contribution is 2.23. The van der Waals surface area contributed by atoms with Gasteiger partial charge in [-0.25, -0.2) is 0 Å². The van der Waals surface area contributed by atoms with Crippen molar-refractivity contribution in [2.45, 2.75) is 13.0 Å². The van der Waals surface area contributed by atoms with Gasteiger partial charge in [0.2, 0.25) is 5.91 Å². The molecule has 1 aliphatic heterocycles. The Balaban J connectivity index is 2.09. The maximum Gasteiger partial charge on any atom is 0.316 e. The van der Waals surface area contributed by atoms with Gasteiger partial charge in [-0.15, -0.1) is 0 Å². The lowest BCUT2D eigenvalue weighted by atomic mass is 10.1. The number of carboxylic acids is 1. The number of aliphatic carboxylic acids is 1. The van der Waals surface area contributed by atoms with Crippen LogP contribution in [0.1, 0.15) is 12.0 Å². The molecule has 1 aromatic rings. The smallest absolute Gasteiger partial charge is 0.316 e. The van der Waals surface area contributed by atoms with E-state index in [1.54, 1.807) is 11.0 Å². The topological polar surface area (TPSA) is 57.6 Å². The van der Waals surface area contributed by atoms with E-state index in [1.165, 1.54) is 0 Å².